The van der Waals surface area contributed by atoms with Crippen LogP contribution in [0.5, 0.6) is 0 Å². The molecule has 0 amide bonds. The zero-order chi connectivity index (χ0) is 12.8. The molecule has 0 radical (unpaired) electrons. The molecule has 0 heterocycles. The van der Waals surface area contributed by atoms with Gasteiger partial charge in [-0.2, -0.15) is 0 Å². The highest BCUT2D eigenvalue weighted by molar-refractivity contribution is 7.90. The Morgan fingerprint density at radius 2 is 1.81 bits per heavy atom. The van der Waals surface area contributed by atoms with Gasteiger partial charge in [0.1, 0.15) is 15.6 Å². The van der Waals surface area contributed by atoms with Crippen LogP contribution in [0.15, 0.2) is 0 Å². The van der Waals surface area contributed by atoms with Crippen molar-refractivity contribution < 1.29 is 13.2 Å². The van der Waals surface area contributed by atoms with Gasteiger partial charge in [-0.05, 0) is 11.3 Å². The summed E-state index contributed by atoms with van der Waals surface area (Å²) in [5, 5.41) is 0. The van der Waals surface area contributed by atoms with Crippen LogP contribution in [-0.2, 0) is 14.6 Å². The van der Waals surface area contributed by atoms with E-state index in [-0.39, 0.29) is 17.0 Å². The third-order valence-electron chi connectivity index (χ3n) is 4.53. The molecule has 0 aliphatic heterocycles. The third-order valence-corrected chi connectivity index (χ3v) is 5.64. The molecule has 1 saturated carbocycles. The molecule has 2 atom stereocenters. The molecule has 0 aromatic heterocycles. The Balaban J connectivity index is 3.16. The van der Waals surface area contributed by atoms with E-state index in [9.17, 15) is 13.2 Å². The standard InChI is InChI=1S/C12H22O3S/c1-6-9-7-10(13)12(4,11(9,2)3)8-16(5,14)15/h9H,6-8H2,1-5H3/t9-,12-/m0/s1. The molecule has 0 aromatic rings. The molecule has 16 heavy (non-hydrogen) atoms. The van der Waals surface area contributed by atoms with Gasteiger partial charge in [-0.15, -0.1) is 0 Å². The van der Waals surface area contributed by atoms with Crippen molar-refractivity contribution in [3.05, 3.63) is 0 Å². The Bertz CT molecular complexity index is 394. The highest BCUT2D eigenvalue weighted by atomic mass is 32.2. The minimum atomic E-state index is -3.12. The Kier molecular flexibility index (Phi) is 3.27. The van der Waals surface area contributed by atoms with Crippen LogP contribution < -0.4 is 0 Å². The van der Waals surface area contributed by atoms with E-state index in [4.69, 9.17) is 0 Å². The molecule has 0 unspecified atom stereocenters. The van der Waals surface area contributed by atoms with E-state index in [0.29, 0.717) is 12.3 Å². The lowest BCUT2D eigenvalue weighted by Crippen LogP contribution is -2.43. The van der Waals surface area contributed by atoms with Crippen LogP contribution in [0.4, 0.5) is 0 Å². The molecule has 0 saturated heterocycles. The Labute approximate surface area is 98.5 Å². The quantitative estimate of drug-likeness (QED) is 0.766. The van der Waals surface area contributed by atoms with E-state index in [0.717, 1.165) is 6.42 Å². The van der Waals surface area contributed by atoms with Crippen LogP contribution in [-0.4, -0.2) is 26.2 Å². The molecule has 1 rings (SSSR count). The molecule has 0 aromatic carbocycles. The molecule has 1 fully saturated rings. The summed E-state index contributed by atoms with van der Waals surface area (Å²) in [6, 6.07) is 0. The van der Waals surface area contributed by atoms with Crippen molar-refractivity contribution in [3.8, 4) is 0 Å². The number of rotatable bonds is 3. The van der Waals surface area contributed by atoms with Gasteiger partial charge < -0.3 is 0 Å². The van der Waals surface area contributed by atoms with Crippen molar-refractivity contribution in [1.29, 1.82) is 0 Å². The Morgan fingerprint density at radius 3 is 2.12 bits per heavy atom. The monoisotopic (exact) mass is 246 g/mol. The van der Waals surface area contributed by atoms with Crippen molar-refractivity contribution in [3.63, 3.8) is 0 Å². The molecule has 1 aliphatic carbocycles. The van der Waals surface area contributed by atoms with Crippen LogP contribution in [0.25, 0.3) is 0 Å². The van der Waals surface area contributed by atoms with E-state index in [1.807, 2.05) is 20.8 Å². The predicted octanol–water partition coefficient (Wildman–Crippen LogP) is 2.06. The summed E-state index contributed by atoms with van der Waals surface area (Å²) in [5.41, 5.74) is -0.955. The first-order valence-corrected chi connectivity index (χ1v) is 7.81. The lowest BCUT2D eigenvalue weighted by molar-refractivity contribution is -0.126. The molecule has 4 heteroatoms. The Hall–Kier alpha value is -0.380. The SMILES string of the molecule is CC[C@H]1CC(=O)[C@](C)(CS(C)(=O)=O)C1(C)C. The smallest absolute Gasteiger partial charge is 0.148 e. The minimum Gasteiger partial charge on any atom is -0.299 e. The fourth-order valence-corrected chi connectivity index (χ4v) is 4.54. The fraction of sp³-hybridized carbons (Fsp3) is 0.917. The maximum atomic E-state index is 12.1. The van der Waals surface area contributed by atoms with E-state index in [1.54, 1.807) is 0 Å². The zero-order valence-electron chi connectivity index (χ0n) is 10.8. The van der Waals surface area contributed by atoms with Crippen molar-refractivity contribution >= 4 is 15.6 Å². The van der Waals surface area contributed by atoms with Crippen molar-refractivity contribution in [2.24, 2.45) is 16.7 Å². The summed E-state index contributed by atoms with van der Waals surface area (Å²) in [6.07, 6.45) is 2.66. The average molecular weight is 246 g/mol. The van der Waals surface area contributed by atoms with Gasteiger partial charge in [0.15, 0.2) is 0 Å². The highest BCUT2D eigenvalue weighted by Gasteiger charge is 2.57. The van der Waals surface area contributed by atoms with E-state index in [2.05, 4.69) is 6.92 Å². The van der Waals surface area contributed by atoms with Gasteiger partial charge in [0.2, 0.25) is 0 Å². The molecule has 0 N–H and O–H groups in total. The average Bonchev–Trinajstić information content (AvgIpc) is 2.23. The minimum absolute atomic E-state index is 0.0255. The fourth-order valence-electron chi connectivity index (χ4n) is 2.96. The molecular weight excluding hydrogens is 224 g/mol. The number of sulfone groups is 1. The topological polar surface area (TPSA) is 51.2 Å². The zero-order valence-corrected chi connectivity index (χ0v) is 11.6. The summed E-state index contributed by atoms with van der Waals surface area (Å²) in [6.45, 7) is 7.92. The largest absolute Gasteiger partial charge is 0.299 e. The second-order valence-corrected chi connectivity index (χ2v) is 8.00. The van der Waals surface area contributed by atoms with E-state index >= 15 is 0 Å². The molecule has 0 bridgehead atoms. The van der Waals surface area contributed by atoms with Gasteiger partial charge in [-0.1, -0.05) is 34.1 Å². The number of Topliss-reactive ketones (excluding diaryl/α,β-unsaturated/α-hetero) is 1. The summed E-state index contributed by atoms with van der Waals surface area (Å²) < 4.78 is 22.9. The summed E-state index contributed by atoms with van der Waals surface area (Å²) >= 11 is 0. The number of ketones is 1. The Morgan fingerprint density at radius 1 is 1.31 bits per heavy atom. The lowest BCUT2D eigenvalue weighted by Gasteiger charge is -2.39. The maximum absolute atomic E-state index is 12.1. The summed E-state index contributed by atoms with van der Waals surface area (Å²) in [5.74, 6) is 0.379. The van der Waals surface area contributed by atoms with Crippen molar-refractivity contribution in [2.45, 2.75) is 40.5 Å². The number of hydrogen-bond donors (Lipinski definition) is 0. The summed E-state index contributed by atoms with van der Waals surface area (Å²) in [7, 11) is -3.12. The first kappa shape index (κ1) is 13.7. The van der Waals surface area contributed by atoms with Crippen LogP contribution in [0, 0.1) is 16.7 Å². The number of carbonyl (C=O) groups excluding carboxylic acids is 1. The van der Waals surface area contributed by atoms with Gasteiger partial charge in [0.25, 0.3) is 0 Å². The molecule has 94 valence electrons. The maximum Gasteiger partial charge on any atom is 0.148 e. The molecular formula is C12H22O3S. The van der Waals surface area contributed by atoms with Crippen LogP contribution in [0.1, 0.15) is 40.5 Å². The van der Waals surface area contributed by atoms with Crippen molar-refractivity contribution in [2.75, 3.05) is 12.0 Å². The van der Waals surface area contributed by atoms with Gasteiger partial charge in [-0.3, -0.25) is 4.79 Å². The first-order valence-electron chi connectivity index (χ1n) is 5.75. The first-order chi connectivity index (χ1) is 7.04. The van der Waals surface area contributed by atoms with E-state index in [1.165, 1.54) is 6.26 Å². The molecule has 1 aliphatic rings. The van der Waals surface area contributed by atoms with Gasteiger partial charge in [-0.25, -0.2) is 8.42 Å². The van der Waals surface area contributed by atoms with E-state index < -0.39 is 15.3 Å². The van der Waals surface area contributed by atoms with Gasteiger partial charge in [0, 0.05) is 18.1 Å². The normalized spacial score (nSPS) is 34.3. The molecule has 0 spiro atoms. The lowest BCUT2D eigenvalue weighted by atomic mass is 9.66. The van der Waals surface area contributed by atoms with Gasteiger partial charge in [0.05, 0.1) is 5.75 Å². The second kappa shape index (κ2) is 3.83. The van der Waals surface area contributed by atoms with Crippen molar-refractivity contribution in [1.82, 2.24) is 0 Å². The van der Waals surface area contributed by atoms with Crippen LogP contribution in [0.3, 0.4) is 0 Å². The number of carbonyl (C=O) groups is 1. The number of hydrogen-bond acceptors (Lipinski definition) is 3. The van der Waals surface area contributed by atoms with Crippen LogP contribution >= 0.6 is 0 Å². The highest BCUT2D eigenvalue weighted by Crippen LogP contribution is 2.55. The van der Waals surface area contributed by atoms with Crippen LogP contribution in [0.2, 0.25) is 0 Å². The summed E-state index contributed by atoms with van der Waals surface area (Å²) in [4.78, 5) is 12.1. The third kappa shape index (κ3) is 2.04. The van der Waals surface area contributed by atoms with Gasteiger partial charge >= 0.3 is 0 Å². The molecule has 3 nitrogen and oxygen atoms in total. The predicted molar refractivity (Wildman–Crippen MR) is 65.0 cm³/mol. The second-order valence-electron chi connectivity index (χ2n) is 5.86.